The molecule has 12 N–H and O–H groups in total. The van der Waals surface area contributed by atoms with Gasteiger partial charge in [-0.1, -0.05) is 129 Å². The summed E-state index contributed by atoms with van der Waals surface area (Å²) < 4.78 is 37.0. The summed E-state index contributed by atoms with van der Waals surface area (Å²) in [6.07, 6.45) is 27.6. The molecule has 1 fully saturated rings. The molecule has 0 bridgehead atoms. The van der Waals surface area contributed by atoms with Gasteiger partial charge in [-0.3, -0.25) is 14.4 Å². The van der Waals surface area contributed by atoms with Gasteiger partial charge in [-0.05, 0) is 268 Å². The highest BCUT2D eigenvalue weighted by molar-refractivity contribution is 5.76. The van der Waals surface area contributed by atoms with Gasteiger partial charge in [0.15, 0.2) is 80.7 Å². The zero-order valence-electron chi connectivity index (χ0n) is 88.9. The maximum absolute atomic E-state index is 12.2. The van der Waals surface area contributed by atoms with Crippen molar-refractivity contribution in [3.05, 3.63) is 376 Å². The molecule has 25 atom stereocenters. The molecule has 25 unspecified atom stereocenters. The van der Waals surface area contributed by atoms with E-state index in [1.54, 1.807) is 41.9 Å². The number of benzene rings is 5. The van der Waals surface area contributed by atoms with Crippen LogP contribution in [-0.2, 0) is 69.3 Å². The van der Waals surface area contributed by atoms with E-state index in [-0.39, 0.29) is 137 Å². The molecule has 5 aromatic carbocycles. The van der Waals surface area contributed by atoms with Crippen LogP contribution in [0.15, 0.2) is 292 Å². The fraction of sp³-hybridized carbons (Fsp3) is 0.451. The first kappa shape index (κ1) is 116. The van der Waals surface area contributed by atoms with E-state index in [0.717, 1.165) is 65.5 Å². The van der Waals surface area contributed by atoms with Crippen molar-refractivity contribution in [2.45, 2.75) is 283 Å². The van der Waals surface area contributed by atoms with Crippen LogP contribution < -0.4 is 32.1 Å². The smallest absolute Gasteiger partial charge is 0.497 e. The SMILES string of the molecule is CC(O)CC(O)CC(O)CC(O)CC(O)CC(O)CC(C)O.COC1=CCC(C(C(C)c2cc[n+](C)cc2)C(c2ccc(C=O)cc2)C(c2cc[n+](C)cc2)C(Cc2ccc(C3OC(CC(O)CC(C)O)CC(CC(O)CC(O)CC(C)O)O3)cc2)c2cc[n+](C)cc2)C=C1.COc1ccc(C(C(C)c2cc[n+](C)cc2)C(c2ccc(C=O)cc2)C(c2cc[n+](C)cc2)C(Cc2ccc(C=O)cc2)c2cc[n+](C)cc2)cc1.[H+]. The summed E-state index contributed by atoms with van der Waals surface area (Å²) in [5.74, 6) is 1.90. The van der Waals surface area contributed by atoms with Gasteiger partial charge < -0.3 is 80.2 Å². The van der Waals surface area contributed by atoms with Crippen LogP contribution in [0.1, 0.15) is 284 Å². The summed E-state index contributed by atoms with van der Waals surface area (Å²) in [7, 11) is 15.7. The number of pyridine rings is 6. The van der Waals surface area contributed by atoms with E-state index in [1.807, 2.05) is 71.6 Å². The van der Waals surface area contributed by atoms with E-state index in [2.05, 4.69) is 299 Å². The first-order valence-corrected chi connectivity index (χ1v) is 51.9. The number of allylic oxidation sites excluding steroid dienone is 3. The van der Waals surface area contributed by atoms with Gasteiger partial charge in [0, 0.05) is 101 Å². The van der Waals surface area contributed by atoms with Crippen LogP contribution in [0, 0.1) is 11.8 Å². The van der Waals surface area contributed by atoms with E-state index in [1.165, 1.54) is 44.5 Å². The molecule has 25 heteroatoms. The van der Waals surface area contributed by atoms with Crippen molar-refractivity contribution in [2.75, 3.05) is 14.2 Å². The van der Waals surface area contributed by atoms with Crippen LogP contribution in [-0.4, -0.2) is 180 Å². The third-order valence-electron chi connectivity index (χ3n) is 29.2. The highest BCUT2D eigenvalue weighted by Crippen LogP contribution is 2.58. The Kier molecular flexibility index (Phi) is 45.2. The van der Waals surface area contributed by atoms with Gasteiger partial charge >= 0.3 is 1.43 Å². The molecule has 11 aromatic rings. The van der Waals surface area contributed by atoms with Crippen molar-refractivity contribution >= 4 is 18.9 Å². The van der Waals surface area contributed by atoms with Crippen molar-refractivity contribution in [1.29, 1.82) is 0 Å². The van der Waals surface area contributed by atoms with E-state index >= 15 is 0 Å². The number of aryl methyl sites for hydroxylation is 6. The third kappa shape index (κ3) is 35.4. The highest BCUT2D eigenvalue weighted by atomic mass is 16.7. The van der Waals surface area contributed by atoms with E-state index < -0.39 is 91.7 Å². The lowest BCUT2D eigenvalue weighted by molar-refractivity contribution is -0.671. The Labute approximate surface area is 870 Å². The number of hydrogen-bond donors (Lipinski definition) is 12. The zero-order chi connectivity index (χ0) is 106. The monoisotopic (exact) mass is 2010 g/mol. The van der Waals surface area contributed by atoms with Gasteiger partial charge in [0.05, 0.1) is 99.7 Å². The summed E-state index contributed by atoms with van der Waals surface area (Å²) in [6, 6.07) is 68.4. The van der Waals surface area contributed by atoms with Crippen LogP contribution in [0.4, 0.5) is 0 Å². The molecule has 1 saturated heterocycles. The average molecular weight is 2020 g/mol. The Morgan fingerprint density at radius 1 is 0.327 bits per heavy atom. The molecular formula is C122H161N6O19+7. The molecule has 1 aliphatic heterocycles. The summed E-state index contributed by atoms with van der Waals surface area (Å²) in [5, 5.41) is 119. The van der Waals surface area contributed by atoms with Gasteiger partial charge in [-0.25, -0.2) is 27.4 Å². The largest absolute Gasteiger partial charge is 1.00 e. The number of carbonyl (C=O) groups is 3. The maximum Gasteiger partial charge on any atom is 1.00 e. The molecule has 0 radical (unpaired) electrons. The van der Waals surface area contributed by atoms with Crippen LogP contribution in [0.3, 0.4) is 0 Å². The molecule has 786 valence electrons. The first-order valence-electron chi connectivity index (χ1n) is 51.9. The van der Waals surface area contributed by atoms with Crippen LogP contribution in [0.2, 0.25) is 0 Å². The topological polar surface area (TPSA) is 354 Å². The minimum Gasteiger partial charge on any atom is -0.497 e. The molecule has 6 aromatic heterocycles. The predicted molar refractivity (Wildman–Crippen MR) is 564 cm³/mol. The number of ether oxygens (including phenoxy) is 4. The summed E-state index contributed by atoms with van der Waals surface area (Å²) in [6.45, 7) is 11.1. The normalized spacial score (nSPS) is 19.2. The second kappa shape index (κ2) is 57.3. The number of methoxy groups -OCH3 is 2. The van der Waals surface area contributed by atoms with Crippen LogP contribution >= 0.6 is 0 Å². The van der Waals surface area contributed by atoms with Gasteiger partial charge in [0.25, 0.3) is 0 Å². The Hall–Kier alpha value is -11.5. The molecule has 0 amide bonds. The number of aldehydes is 3. The number of nitrogens with zero attached hydrogens (tertiary/aromatic N) is 6. The van der Waals surface area contributed by atoms with E-state index in [4.69, 9.17) is 29.2 Å². The van der Waals surface area contributed by atoms with Crippen molar-refractivity contribution in [3.8, 4) is 5.75 Å². The summed E-state index contributed by atoms with van der Waals surface area (Å²) in [4.78, 5) is 35.8. The van der Waals surface area contributed by atoms with Crippen LogP contribution in [0.25, 0.3) is 0 Å². The molecule has 0 spiro atoms. The number of carbonyl (C=O) groups excluding carboxylic acids is 3. The lowest BCUT2D eigenvalue weighted by atomic mass is 9.59. The molecular weight excluding hydrogens is 1850 g/mol. The van der Waals surface area contributed by atoms with Crippen molar-refractivity contribution in [1.82, 2.24) is 0 Å². The fourth-order valence-corrected chi connectivity index (χ4v) is 21.7. The van der Waals surface area contributed by atoms with Crippen LogP contribution in [0.5, 0.6) is 5.75 Å². The molecule has 0 saturated carbocycles. The van der Waals surface area contributed by atoms with Gasteiger partial charge in [-0.2, -0.15) is 0 Å². The first-order chi connectivity index (χ1) is 70.4. The molecule has 7 heterocycles. The molecule has 1 aliphatic carbocycles. The standard InChI is InChI=1S/C61H80N3O9.C46H48N3O3.C15H32O7/c1-40(66)32-51(68)35-53(70)37-56-38-55(36-52(69)33-41(2)67)72-61(73-56)50-14-8-43(9-15-50)34-57(46-22-28-63(5)29-23-46)59(49-24-30-64(6)31-25-49)60(48-12-10-44(39-65)11-13-48)58(47-16-18-54(71-7)19-17-47)42(3)45-20-26-62(4)27-21-45;1-33(37-18-24-47(2)25-19-37)44(39-14-16-42(52-5)17-15-39)46(40-12-10-36(32-51)11-13-40)45(41-22-28-49(4)29-23-41)43(38-20-26-48(3)27-21-38)30-34-6-8-35(31-50)9-7-34;1-9(16)3-11(18)5-13(20)7-15(22)8-14(21)6-12(19)4-10(2)17/h8-16,18-31,39-42,47,51-53,55-61,66-70H,17,32-38H2,1-7H3;6-29,31-33,43-46H,30H2,1-5H3;9-22H,3-8H2,1-2H3/q2*+3;/p+1. The zero-order valence-corrected chi connectivity index (χ0v) is 87.9. The number of hydrogen-bond acceptors (Lipinski definition) is 19. The quantitative estimate of drug-likeness (QED) is 0.0124. The van der Waals surface area contributed by atoms with E-state index in [9.17, 15) is 65.4 Å². The second-order valence-electron chi connectivity index (χ2n) is 41.5. The van der Waals surface area contributed by atoms with Crippen molar-refractivity contribution in [2.24, 2.45) is 54.1 Å². The predicted octanol–water partition coefficient (Wildman–Crippen LogP) is 13.6. The second-order valence-corrected chi connectivity index (χ2v) is 41.5. The van der Waals surface area contributed by atoms with Gasteiger partial charge in [0.2, 0.25) is 0 Å². The molecule has 25 nitrogen and oxygen atoms in total. The number of aliphatic hydroxyl groups excluding tert-OH is 12. The molecule has 147 heavy (non-hydrogen) atoms. The van der Waals surface area contributed by atoms with E-state index in [0.29, 0.717) is 29.5 Å². The molecule has 2 aliphatic rings. The third-order valence-corrected chi connectivity index (χ3v) is 29.2. The minimum atomic E-state index is -0.956. The summed E-state index contributed by atoms with van der Waals surface area (Å²) in [5.41, 5.74) is 15.9. The highest BCUT2D eigenvalue weighted by Gasteiger charge is 2.46. The molecule has 13 rings (SSSR count). The lowest BCUT2D eigenvalue weighted by Crippen LogP contribution is -2.38. The number of rotatable bonds is 50. The average Bonchev–Trinajstić information content (AvgIpc) is 0.758. The Balaban J connectivity index is 0.000000259. The lowest BCUT2D eigenvalue weighted by Gasteiger charge is -2.44. The Morgan fingerprint density at radius 3 is 0.966 bits per heavy atom. The van der Waals surface area contributed by atoms with Crippen molar-refractivity contribution < 1.29 is 123 Å². The fourth-order valence-electron chi connectivity index (χ4n) is 21.7. The minimum absolute atomic E-state index is 0. The number of aliphatic hydroxyl groups is 12. The summed E-state index contributed by atoms with van der Waals surface area (Å²) >= 11 is 0. The Morgan fingerprint density at radius 2 is 0.619 bits per heavy atom. The van der Waals surface area contributed by atoms with Gasteiger partial charge in [-0.15, -0.1) is 0 Å². The van der Waals surface area contributed by atoms with Crippen molar-refractivity contribution in [3.63, 3.8) is 0 Å². The van der Waals surface area contributed by atoms with Gasteiger partial charge in [0.1, 0.15) is 72.7 Å². The Bertz CT molecular complexity index is 5790. The maximum atomic E-state index is 12.2. The number of aromatic nitrogens is 6.